The number of hydrogen-bond acceptors (Lipinski definition) is 7. The van der Waals surface area contributed by atoms with E-state index in [1.807, 2.05) is 32.6 Å². The van der Waals surface area contributed by atoms with Crippen molar-refractivity contribution in [1.29, 1.82) is 0 Å². The number of halogens is 1. The number of rotatable bonds is 5. The smallest absolute Gasteiger partial charge is 0.410 e. The van der Waals surface area contributed by atoms with Crippen molar-refractivity contribution in [2.24, 2.45) is 0 Å². The number of amides is 1. The third kappa shape index (κ3) is 5.30. The summed E-state index contributed by atoms with van der Waals surface area (Å²) in [6.45, 7) is 9.02. The zero-order valence-electron chi connectivity index (χ0n) is 16.0. The molecule has 1 aromatic rings. The minimum Gasteiger partial charge on any atom is -0.444 e. The largest absolute Gasteiger partial charge is 0.444 e. The summed E-state index contributed by atoms with van der Waals surface area (Å²) in [6.07, 6.45) is 0.441. The molecule has 2 heterocycles. The van der Waals surface area contributed by atoms with E-state index >= 15 is 0 Å². The fourth-order valence-corrected chi connectivity index (χ4v) is 3.23. The molecular formula is C16H26ClN5O5. The first kappa shape index (κ1) is 21.4. The van der Waals surface area contributed by atoms with Crippen LogP contribution in [0.25, 0.3) is 0 Å². The Bertz CT molecular complexity index is 681. The fourth-order valence-electron chi connectivity index (χ4n) is 2.97. The van der Waals surface area contributed by atoms with Crippen LogP contribution >= 0.6 is 11.6 Å². The average Bonchev–Trinajstić information content (AvgIpc) is 2.96. The lowest BCUT2D eigenvalue weighted by atomic mass is 10.1. The lowest BCUT2D eigenvalue weighted by Crippen LogP contribution is -2.54. The molecule has 1 fully saturated rings. The number of carbonyl (C=O) groups excluding carboxylic acids is 1. The number of ether oxygens (including phenoxy) is 1. The van der Waals surface area contributed by atoms with E-state index < -0.39 is 22.8 Å². The monoisotopic (exact) mass is 403 g/mol. The highest BCUT2D eigenvalue weighted by atomic mass is 35.5. The molecule has 1 amide bonds. The van der Waals surface area contributed by atoms with Crippen LogP contribution in [0.5, 0.6) is 0 Å². The Morgan fingerprint density at radius 3 is 2.44 bits per heavy atom. The Labute approximate surface area is 162 Å². The number of nitrogens with zero attached hydrogens (tertiary/aromatic N) is 5. The van der Waals surface area contributed by atoms with E-state index in [0.717, 1.165) is 0 Å². The standard InChI is InChI=1S/C16H26ClN5O5/c1-5-11(21-10-12(22(25)26)18-14(21)17)13(23)19-6-8-20(9-7-19)15(24)27-16(2,3)4/h10-11,13,23H,5-9H2,1-4H3. The summed E-state index contributed by atoms with van der Waals surface area (Å²) in [5.41, 5.74) is -0.562. The van der Waals surface area contributed by atoms with Crippen molar-refractivity contribution in [3.05, 3.63) is 21.6 Å². The van der Waals surface area contributed by atoms with Crippen LogP contribution in [0, 0.1) is 10.1 Å². The van der Waals surface area contributed by atoms with Crippen LogP contribution in [0.15, 0.2) is 6.20 Å². The number of piperazine rings is 1. The summed E-state index contributed by atoms with van der Waals surface area (Å²) in [5, 5.41) is 21.6. The third-order valence-corrected chi connectivity index (χ3v) is 4.60. The SMILES string of the molecule is CCC(C(O)N1CCN(C(=O)OC(C)(C)C)CC1)n1cc([N+](=O)[O-])nc1Cl. The second-order valence-electron chi connectivity index (χ2n) is 7.43. The van der Waals surface area contributed by atoms with E-state index in [-0.39, 0.29) is 17.2 Å². The summed E-state index contributed by atoms with van der Waals surface area (Å²) in [7, 11) is 0. The molecule has 27 heavy (non-hydrogen) atoms. The van der Waals surface area contributed by atoms with Crippen LogP contribution in [0.3, 0.4) is 0 Å². The fraction of sp³-hybridized carbons (Fsp3) is 0.750. The molecule has 2 rings (SSSR count). The molecule has 1 N–H and O–H groups in total. The molecular weight excluding hydrogens is 378 g/mol. The van der Waals surface area contributed by atoms with Gasteiger partial charge in [0.25, 0.3) is 0 Å². The highest BCUT2D eigenvalue weighted by molar-refractivity contribution is 6.28. The van der Waals surface area contributed by atoms with Crippen LogP contribution < -0.4 is 0 Å². The third-order valence-electron chi connectivity index (χ3n) is 4.32. The maximum atomic E-state index is 12.1. The second-order valence-corrected chi connectivity index (χ2v) is 7.76. The van der Waals surface area contributed by atoms with E-state index in [4.69, 9.17) is 16.3 Å². The molecule has 0 radical (unpaired) electrons. The highest BCUT2D eigenvalue weighted by Crippen LogP contribution is 2.27. The molecule has 10 nitrogen and oxygen atoms in total. The topological polar surface area (TPSA) is 114 Å². The van der Waals surface area contributed by atoms with Gasteiger partial charge >= 0.3 is 17.2 Å². The zero-order chi connectivity index (χ0) is 20.4. The zero-order valence-corrected chi connectivity index (χ0v) is 16.7. The maximum absolute atomic E-state index is 12.1. The summed E-state index contributed by atoms with van der Waals surface area (Å²) in [5.74, 6) is -0.361. The van der Waals surface area contributed by atoms with Crippen LogP contribution in [-0.4, -0.2) is 73.5 Å². The van der Waals surface area contributed by atoms with Gasteiger partial charge in [-0.2, -0.15) is 0 Å². The number of aliphatic hydroxyl groups excluding tert-OH is 1. The average molecular weight is 404 g/mol. The summed E-state index contributed by atoms with van der Waals surface area (Å²) in [4.78, 5) is 29.5. The van der Waals surface area contributed by atoms with Crippen LogP contribution in [0.4, 0.5) is 10.6 Å². The van der Waals surface area contributed by atoms with Crippen molar-refractivity contribution in [2.75, 3.05) is 26.2 Å². The van der Waals surface area contributed by atoms with Crippen LogP contribution in [0.1, 0.15) is 40.2 Å². The molecule has 1 aliphatic heterocycles. The van der Waals surface area contributed by atoms with Gasteiger partial charge in [0.05, 0.1) is 6.04 Å². The van der Waals surface area contributed by atoms with Gasteiger partial charge in [0.2, 0.25) is 0 Å². The number of hydrogen-bond donors (Lipinski definition) is 1. The van der Waals surface area contributed by atoms with Crippen molar-refractivity contribution in [3.63, 3.8) is 0 Å². The number of carbonyl (C=O) groups is 1. The van der Waals surface area contributed by atoms with Gasteiger partial charge in [0.15, 0.2) is 0 Å². The molecule has 1 saturated heterocycles. The second kappa shape index (κ2) is 8.41. The first-order chi connectivity index (χ1) is 12.5. The van der Waals surface area contributed by atoms with Gasteiger partial charge < -0.3 is 24.9 Å². The van der Waals surface area contributed by atoms with Crippen molar-refractivity contribution >= 4 is 23.5 Å². The van der Waals surface area contributed by atoms with Gasteiger partial charge in [-0.05, 0) is 48.7 Å². The Kier molecular flexibility index (Phi) is 6.66. The van der Waals surface area contributed by atoms with Crippen LogP contribution in [-0.2, 0) is 4.74 Å². The molecule has 0 saturated carbocycles. The molecule has 1 aliphatic rings. The Morgan fingerprint density at radius 1 is 1.41 bits per heavy atom. The van der Waals surface area contributed by atoms with E-state index in [9.17, 15) is 20.0 Å². The Morgan fingerprint density at radius 2 is 2.00 bits per heavy atom. The minimum absolute atomic E-state index is 0.0417. The van der Waals surface area contributed by atoms with Gasteiger partial charge in [-0.25, -0.2) is 4.79 Å². The number of imidazole rings is 1. The normalized spacial score (nSPS) is 18.2. The predicted octanol–water partition coefficient (Wildman–Crippen LogP) is 2.27. The molecule has 0 bridgehead atoms. The Hall–Kier alpha value is -1.91. The molecule has 2 atom stereocenters. The van der Waals surface area contributed by atoms with Crippen LogP contribution in [0.2, 0.25) is 5.28 Å². The molecule has 0 spiro atoms. The molecule has 0 aromatic carbocycles. The molecule has 1 aromatic heterocycles. The van der Waals surface area contributed by atoms with Gasteiger partial charge in [0, 0.05) is 26.2 Å². The quantitative estimate of drug-likeness (QED) is 0.592. The van der Waals surface area contributed by atoms with Crippen molar-refractivity contribution in [3.8, 4) is 0 Å². The molecule has 2 unspecified atom stereocenters. The van der Waals surface area contributed by atoms with Gasteiger partial charge in [-0.15, -0.1) is 0 Å². The van der Waals surface area contributed by atoms with Gasteiger partial charge in [-0.3, -0.25) is 9.47 Å². The van der Waals surface area contributed by atoms with E-state index in [2.05, 4.69) is 4.98 Å². The maximum Gasteiger partial charge on any atom is 0.410 e. The number of nitro groups is 1. The summed E-state index contributed by atoms with van der Waals surface area (Å²) < 4.78 is 6.79. The molecule has 11 heteroatoms. The first-order valence-corrected chi connectivity index (χ1v) is 9.20. The van der Waals surface area contributed by atoms with Crippen molar-refractivity contribution in [2.45, 2.75) is 52.0 Å². The first-order valence-electron chi connectivity index (χ1n) is 8.82. The number of aliphatic hydroxyl groups is 1. The number of aromatic nitrogens is 2. The summed E-state index contributed by atoms with van der Waals surface area (Å²) >= 11 is 6.02. The van der Waals surface area contributed by atoms with E-state index in [1.165, 1.54) is 10.8 Å². The lowest BCUT2D eigenvalue weighted by molar-refractivity contribution is -0.389. The highest BCUT2D eigenvalue weighted by Gasteiger charge is 2.33. The van der Waals surface area contributed by atoms with Gasteiger partial charge in [-0.1, -0.05) is 6.92 Å². The summed E-state index contributed by atoms with van der Waals surface area (Å²) in [6, 6.07) is -0.494. The van der Waals surface area contributed by atoms with Gasteiger partial charge in [0.1, 0.15) is 18.0 Å². The predicted molar refractivity (Wildman–Crippen MR) is 98.6 cm³/mol. The minimum atomic E-state index is -0.915. The van der Waals surface area contributed by atoms with E-state index in [0.29, 0.717) is 32.6 Å². The Balaban J connectivity index is 2.02. The van der Waals surface area contributed by atoms with Crippen molar-refractivity contribution < 1.29 is 19.6 Å². The lowest BCUT2D eigenvalue weighted by Gasteiger charge is -2.40. The molecule has 0 aliphatic carbocycles. The van der Waals surface area contributed by atoms with Crippen molar-refractivity contribution in [1.82, 2.24) is 19.4 Å². The van der Waals surface area contributed by atoms with E-state index in [1.54, 1.807) is 4.90 Å². The molecule has 152 valence electrons.